The summed E-state index contributed by atoms with van der Waals surface area (Å²) in [4.78, 5) is 0. The molecule has 2 fully saturated rings. The number of hydrogen-bond donors (Lipinski definition) is 1. The minimum Gasteiger partial charge on any atom is -0.381 e. The van der Waals surface area contributed by atoms with Crippen molar-refractivity contribution in [2.24, 2.45) is 17.6 Å². The monoisotopic (exact) mass is 113 g/mol. The third kappa shape index (κ3) is 0.501. The van der Waals surface area contributed by atoms with E-state index in [4.69, 9.17) is 10.5 Å². The van der Waals surface area contributed by atoms with Crippen molar-refractivity contribution < 1.29 is 4.74 Å². The third-order valence-corrected chi connectivity index (χ3v) is 2.30. The van der Waals surface area contributed by atoms with Gasteiger partial charge < -0.3 is 10.5 Å². The molecule has 2 rings (SSSR count). The van der Waals surface area contributed by atoms with E-state index in [1.54, 1.807) is 0 Å². The summed E-state index contributed by atoms with van der Waals surface area (Å²) >= 11 is 0. The maximum atomic E-state index is 5.69. The first-order chi connectivity index (χ1) is 3.89. The Hall–Kier alpha value is -0.0800. The molecule has 0 aromatic rings. The smallest absolute Gasteiger partial charge is 0.0512 e. The number of rotatable bonds is 0. The molecule has 1 aliphatic carbocycles. The Kier molecular flexibility index (Phi) is 0.866. The zero-order chi connectivity index (χ0) is 5.56. The van der Waals surface area contributed by atoms with Crippen molar-refractivity contribution >= 4 is 0 Å². The topological polar surface area (TPSA) is 35.2 Å². The van der Waals surface area contributed by atoms with Crippen molar-refractivity contribution in [2.45, 2.75) is 12.5 Å². The molecule has 0 radical (unpaired) electrons. The molecule has 0 spiro atoms. The minimum absolute atomic E-state index is 0.484. The highest BCUT2D eigenvalue weighted by atomic mass is 16.5. The van der Waals surface area contributed by atoms with Gasteiger partial charge in [0.05, 0.1) is 6.61 Å². The van der Waals surface area contributed by atoms with Gasteiger partial charge in [-0.05, 0) is 12.3 Å². The molecule has 8 heavy (non-hydrogen) atoms. The molecule has 0 aromatic heterocycles. The molecule has 46 valence electrons. The summed E-state index contributed by atoms with van der Waals surface area (Å²) in [5.74, 6) is 1.55. The van der Waals surface area contributed by atoms with E-state index in [0.717, 1.165) is 25.0 Å². The molecule has 2 aliphatic rings. The Morgan fingerprint density at radius 1 is 1.38 bits per heavy atom. The summed E-state index contributed by atoms with van der Waals surface area (Å²) in [5.41, 5.74) is 5.69. The van der Waals surface area contributed by atoms with E-state index in [9.17, 15) is 0 Å². The van der Waals surface area contributed by atoms with Crippen LogP contribution in [0.3, 0.4) is 0 Å². The van der Waals surface area contributed by atoms with Crippen molar-refractivity contribution in [3.8, 4) is 0 Å². The Balaban J connectivity index is 1.97. The predicted octanol–water partition coefficient (Wildman–Crippen LogP) is -0.0200. The molecule has 1 saturated carbocycles. The van der Waals surface area contributed by atoms with Gasteiger partial charge in [-0.2, -0.15) is 0 Å². The van der Waals surface area contributed by atoms with Crippen LogP contribution in [0.2, 0.25) is 0 Å². The van der Waals surface area contributed by atoms with E-state index < -0.39 is 0 Å². The first-order valence-corrected chi connectivity index (χ1v) is 3.23. The summed E-state index contributed by atoms with van der Waals surface area (Å²) in [7, 11) is 0. The second kappa shape index (κ2) is 1.45. The number of hydrogen-bond acceptors (Lipinski definition) is 2. The van der Waals surface area contributed by atoms with Gasteiger partial charge in [0.2, 0.25) is 0 Å². The van der Waals surface area contributed by atoms with Crippen molar-refractivity contribution in [3.63, 3.8) is 0 Å². The summed E-state index contributed by atoms with van der Waals surface area (Å²) in [6.45, 7) is 1.86. The van der Waals surface area contributed by atoms with Crippen LogP contribution in [0.15, 0.2) is 0 Å². The van der Waals surface area contributed by atoms with Crippen molar-refractivity contribution in [1.82, 2.24) is 0 Å². The lowest BCUT2D eigenvalue weighted by Gasteiger charge is -2.06. The molecule has 1 heterocycles. The van der Waals surface area contributed by atoms with Crippen LogP contribution in [0.5, 0.6) is 0 Å². The van der Waals surface area contributed by atoms with Gasteiger partial charge in [-0.25, -0.2) is 0 Å². The van der Waals surface area contributed by atoms with Crippen LogP contribution >= 0.6 is 0 Å². The summed E-state index contributed by atoms with van der Waals surface area (Å²) in [5, 5.41) is 0. The third-order valence-electron chi connectivity index (χ3n) is 2.30. The molecule has 2 heteroatoms. The first kappa shape index (κ1) is 4.77. The highest BCUT2D eigenvalue weighted by molar-refractivity contribution is 5.02. The number of ether oxygens (including phenoxy) is 1. The van der Waals surface area contributed by atoms with Gasteiger partial charge in [0.1, 0.15) is 0 Å². The number of nitrogens with two attached hydrogens (primary N) is 1. The van der Waals surface area contributed by atoms with Crippen LogP contribution in [0.25, 0.3) is 0 Å². The van der Waals surface area contributed by atoms with E-state index in [1.165, 1.54) is 6.42 Å². The largest absolute Gasteiger partial charge is 0.381 e. The fraction of sp³-hybridized carbons (Fsp3) is 1.00. The minimum atomic E-state index is 0.484. The quantitative estimate of drug-likeness (QED) is 0.479. The van der Waals surface area contributed by atoms with Gasteiger partial charge in [0.15, 0.2) is 0 Å². The van der Waals surface area contributed by atoms with Crippen molar-refractivity contribution in [3.05, 3.63) is 0 Å². The molecule has 2 N–H and O–H groups in total. The van der Waals surface area contributed by atoms with Gasteiger partial charge in [0, 0.05) is 18.6 Å². The van der Waals surface area contributed by atoms with Crippen LogP contribution in [0, 0.1) is 11.8 Å². The fourth-order valence-electron chi connectivity index (χ4n) is 1.55. The second-order valence-corrected chi connectivity index (χ2v) is 2.77. The Morgan fingerprint density at radius 3 is 2.75 bits per heavy atom. The highest BCUT2D eigenvalue weighted by Gasteiger charge is 2.48. The Labute approximate surface area is 49.0 Å². The molecule has 1 saturated heterocycles. The predicted molar refractivity (Wildman–Crippen MR) is 30.4 cm³/mol. The molecule has 1 aliphatic heterocycles. The van der Waals surface area contributed by atoms with E-state index in [2.05, 4.69) is 0 Å². The van der Waals surface area contributed by atoms with Crippen LogP contribution in [0.4, 0.5) is 0 Å². The average molecular weight is 113 g/mol. The van der Waals surface area contributed by atoms with Crippen LogP contribution < -0.4 is 5.73 Å². The normalized spacial score (nSPS) is 52.9. The van der Waals surface area contributed by atoms with Gasteiger partial charge >= 0.3 is 0 Å². The Morgan fingerprint density at radius 2 is 2.25 bits per heavy atom. The maximum Gasteiger partial charge on any atom is 0.0512 e. The highest BCUT2D eigenvalue weighted by Crippen LogP contribution is 2.42. The van der Waals surface area contributed by atoms with E-state index >= 15 is 0 Å². The SMILES string of the molecule is N[C@H]1[C@H]2COCC[C@@H]12. The van der Waals surface area contributed by atoms with Crippen LogP contribution in [0.1, 0.15) is 6.42 Å². The van der Waals surface area contributed by atoms with E-state index in [-0.39, 0.29) is 0 Å². The van der Waals surface area contributed by atoms with Crippen LogP contribution in [-0.4, -0.2) is 19.3 Å². The van der Waals surface area contributed by atoms with Crippen LogP contribution in [-0.2, 0) is 4.74 Å². The first-order valence-electron chi connectivity index (χ1n) is 3.23. The van der Waals surface area contributed by atoms with Gasteiger partial charge in [-0.1, -0.05) is 0 Å². The maximum absolute atomic E-state index is 5.69. The fourth-order valence-corrected chi connectivity index (χ4v) is 1.55. The molecule has 0 amide bonds. The lowest BCUT2D eigenvalue weighted by molar-refractivity contribution is 0.0888. The molecule has 3 atom stereocenters. The summed E-state index contributed by atoms with van der Waals surface area (Å²) in [6, 6.07) is 0.484. The standard InChI is InChI=1S/C6H11NO/c7-6-4-1-2-8-3-5(4)6/h4-6H,1-3,7H2/t4-,5+,6-/m1/s1. The number of fused-ring (bicyclic) bond motifs is 1. The van der Waals surface area contributed by atoms with E-state index in [0.29, 0.717) is 6.04 Å². The van der Waals surface area contributed by atoms with Crippen molar-refractivity contribution in [1.29, 1.82) is 0 Å². The zero-order valence-corrected chi connectivity index (χ0v) is 4.84. The average Bonchev–Trinajstić information content (AvgIpc) is 2.46. The van der Waals surface area contributed by atoms with Gasteiger partial charge in [0.25, 0.3) is 0 Å². The molecular weight excluding hydrogens is 102 g/mol. The summed E-state index contributed by atoms with van der Waals surface area (Å²) in [6.07, 6.45) is 1.20. The Bertz CT molecular complexity index is 92.7. The zero-order valence-electron chi connectivity index (χ0n) is 4.84. The molecule has 0 unspecified atom stereocenters. The molecule has 2 nitrogen and oxygen atoms in total. The molecule has 0 aromatic carbocycles. The van der Waals surface area contributed by atoms with Crippen molar-refractivity contribution in [2.75, 3.05) is 13.2 Å². The van der Waals surface area contributed by atoms with Gasteiger partial charge in [-0.3, -0.25) is 0 Å². The molecular formula is C6H11NO. The lowest BCUT2D eigenvalue weighted by Crippen LogP contribution is -2.07. The van der Waals surface area contributed by atoms with E-state index in [1.807, 2.05) is 0 Å². The molecule has 0 bridgehead atoms. The lowest BCUT2D eigenvalue weighted by atomic mass is 10.2. The summed E-state index contributed by atoms with van der Waals surface area (Å²) < 4.78 is 5.21. The van der Waals surface area contributed by atoms with Gasteiger partial charge in [-0.15, -0.1) is 0 Å². The second-order valence-electron chi connectivity index (χ2n) is 2.77.